The fourth-order valence-corrected chi connectivity index (χ4v) is 3.76. The number of urea groups is 1. The number of benzene rings is 1. The first-order chi connectivity index (χ1) is 10.8. The smallest absolute Gasteiger partial charge is 0.319 e. The summed E-state index contributed by atoms with van der Waals surface area (Å²) < 4.78 is 25.4. The molecule has 6 nitrogen and oxygen atoms in total. The van der Waals surface area contributed by atoms with Crippen LogP contribution < -0.4 is 10.6 Å². The van der Waals surface area contributed by atoms with Crippen molar-refractivity contribution in [3.8, 4) is 0 Å². The normalized spacial score (nSPS) is 21.9. The molecule has 0 radical (unpaired) electrons. The largest absolute Gasteiger partial charge is 0.335 e. The fourth-order valence-electron chi connectivity index (χ4n) is 2.81. The van der Waals surface area contributed by atoms with Gasteiger partial charge in [0.05, 0.1) is 4.90 Å². The molecule has 0 saturated heterocycles. The van der Waals surface area contributed by atoms with Crippen molar-refractivity contribution < 1.29 is 13.2 Å². The number of rotatable bonds is 4. The minimum atomic E-state index is -3.51. The van der Waals surface area contributed by atoms with Gasteiger partial charge in [0.2, 0.25) is 10.0 Å². The van der Waals surface area contributed by atoms with Crippen LogP contribution in [0.5, 0.6) is 0 Å². The van der Waals surface area contributed by atoms with Gasteiger partial charge in [-0.25, -0.2) is 17.5 Å². The standard InChI is InChI=1S/C16H25N3O3S/c1-12-7-4-5-10-15(12)18-16(20)17-13-8-6-9-14(11-13)23(21,22)19(2)3/h6,8-9,11-12,15H,4-5,7,10H2,1-3H3,(H2,17,18,20). The van der Waals surface area contributed by atoms with E-state index in [-0.39, 0.29) is 17.0 Å². The van der Waals surface area contributed by atoms with Gasteiger partial charge in [0.1, 0.15) is 0 Å². The van der Waals surface area contributed by atoms with Gasteiger partial charge in [-0.1, -0.05) is 25.8 Å². The van der Waals surface area contributed by atoms with Crippen molar-refractivity contribution in [3.63, 3.8) is 0 Å². The van der Waals surface area contributed by atoms with Crippen molar-refractivity contribution in [2.24, 2.45) is 5.92 Å². The van der Waals surface area contributed by atoms with Crippen LogP contribution in [-0.4, -0.2) is 38.9 Å². The molecule has 2 unspecified atom stereocenters. The van der Waals surface area contributed by atoms with Crippen LogP contribution in [-0.2, 0) is 10.0 Å². The van der Waals surface area contributed by atoms with E-state index in [0.29, 0.717) is 11.6 Å². The van der Waals surface area contributed by atoms with Gasteiger partial charge in [-0.15, -0.1) is 0 Å². The lowest BCUT2D eigenvalue weighted by Gasteiger charge is -2.29. The molecule has 0 spiro atoms. The summed E-state index contributed by atoms with van der Waals surface area (Å²) in [6, 6.07) is 6.18. The third kappa shape index (κ3) is 4.45. The first kappa shape index (κ1) is 17.7. The molecule has 2 atom stereocenters. The highest BCUT2D eigenvalue weighted by Gasteiger charge is 2.23. The summed E-state index contributed by atoms with van der Waals surface area (Å²) in [5.41, 5.74) is 0.467. The van der Waals surface area contributed by atoms with Gasteiger partial charge in [0.25, 0.3) is 0 Å². The van der Waals surface area contributed by atoms with Crippen molar-refractivity contribution in [3.05, 3.63) is 24.3 Å². The van der Waals surface area contributed by atoms with E-state index in [0.717, 1.165) is 23.6 Å². The highest BCUT2D eigenvalue weighted by molar-refractivity contribution is 7.89. The Morgan fingerprint density at radius 1 is 1.22 bits per heavy atom. The van der Waals surface area contributed by atoms with Gasteiger partial charge in [-0.2, -0.15) is 0 Å². The van der Waals surface area contributed by atoms with E-state index in [1.54, 1.807) is 12.1 Å². The summed E-state index contributed by atoms with van der Waals surface area (Å²) in [6.07, 6.45) is 4.46. The molecule has 7 heteroatoms. The number of carbonyl (C=O) groups is 1. The van der Waals surface area contributed by atoms with Crippen LogP contribution in [0.2, 0.25) is 0 Å². The molecule has 1 aliphatic rings. The molecule has 0 bridgehead atoms. The van der Waals surface area contributed by atoms with Crippen LogP contribution >= 0.6 is 0 Å². The van der Waals surface area contributed by atoms with Gasteiger partial charge < -0.3 is 10.6 Å². The second-order valence-corrected chi connectivity index (χ2v) is 8.43. The van der Waals surface area contributed by atoms with Crippen molar-refractivity contribution in [1.82, 2.24) is 9.62 Å². The minimum absolute atomic E-state index is 0.159. The maximum Gasteiger partial charge on any atom is 0.319 e. The zero-order chi connectivity index (χ0) is 17.0. The SMILES string of the molecule is CC1CCCCC1NC(=O)Nc1cccc(S(=O)(=O)N(C)C)c1. The number of carbonyl (C=O) groups excluding carboxylic acids is 1. The zero-order valence-corrected chi connectivity index (χ0v) is 14.7. The van der Waals surface area contributed by atoms with Crippen LogP contribution in [0, 0.1) is 5.92 Å². The van der Waals surface area contributed by atoms with Crippen molar-refractivity contribution in [1.29, 1.82) is 0 Å². The first-order valence-electron chi connectivity index (χ1n) is 7.91. The first-order valence-corrected chi connectivity index (χ1v) is 9.35. The highest BCUT2D eigenvalue weighted by atomic mass is 32.2. The molecule has 2 rings (SSSR count). The lowest BCUT2D eigenvalue weighted by atomic mass is 9.86. The zero-order valence-electron chi connectivity index (χ0n) is 13.9. The third-order valence-electron chi connectivity index (χ3n) is 4.30. The monoisotopic (exact) mass is 339 g/mol. The topological polar surface area (TPSA) is 78.5 Å². The van der Waals surface area contributed by atoms with E-state index < -0.39 is 10.0 Å². The molecular weight excluding hydrogens is 314 g/mol. The van der Waals surface area contributed by atoms with E-state index in [1.807, 2.05) is 0 Å². The lowest BCUT2D eigenvalue weighted by molar-refractivity contribution is 0.232. The molecule has 0 heterocycles. The predicted molar refractivity (Wildman–Crippen MR) is 90.9 cm³/mol. The molecule has 1 fully saturated rings. The molecule has 0 aliphatic heterocycles. The fraction of sp³-hybridized carbons (Fsp3) is 0.562. The summed E-state index contributed by atoms with van der Waals surface area (Å²) in [4.78, 5) is 12.3. The Morgan fingerprint density at radius 3 is 2.57 bits per heavy atom. The minimum Gasteiger partial charge on any atom is -0.335 e. The molecule has 1 aliphatic carbocycles. The molecule has 0 aromatic heterocycles. The molecular formula is C16H25N3O3S. The van der Waals surface area contributed by atoms with Gasteiger partial charge in [-0.3, -0.25) is 0 Å². The Hall–Kier alpha value is -1.60. The second-order valence-electron chi connectivity index (χ2n) is 6.28. The average molecular weight is 339 g/mol. The van der Waals surface area contributed by atoms with E-state index >= 15 is 0 Å². The number of sulfonamides is 1. The Bertz CT molecular complexity index is 658. The Kier molecular flexibility index (Phi) is 5.64. The molecule has 128 valence electrons. The van der Waals surface area contributed by atoms with Crippen LogP contribution in [0.3, 0.4) is 0 Å². The quantitative estimate of drug-likeness (QED) is 0.885. The Morgan fingerprint density at radius 2 is 1.91 bits per heavy atom. The average Bonchev–Trinajstić information content (AvgIpc) is 2.49. The Balaban J connectivity index is 2.04. The summed E-state index contributed by atoms with van der Waals surface area (Å²) in [5, 5.41) is 5.72. The van der Waals surface area contributed by atoms with Crippen molar-refractivity contribution in [2.75, 3.05) is 19.4 Å². The van der Waals surface area contributed by atoms with Crippen LogP contribution in [0.15, 0.2) is 29.2 Å². The highest BCUT2D eigenvalue weighted by Crippen LogP contribution is 2.24. The van der Waals surface area contributed by atoms with Crippen molar-refractivity contribution in [2.45, 2.75) is 43.5 Å². The maximum absolute atomic E-state index is 12.1. The van der Waals surface area contributed by atoms with E-state index in [4.69, 9.17) is 0 Å². The number of nitrogens with zero attached hydrogens (tertiary/aromatic N) is 1. The summed E-state index contributed by atoms with van der Waals surface area (Å²) in [6.45, 7) is 2.15. The molecule has 23 heavy (non-hydrogen) atoms. The van der Waals surface area contributed by atoms with Gasteiger partial charge >= 0.3 is 6.03 Å². The van der Waals surface area contributed by atoms with E-state index in [1.165, 1.54) is 32.6 Å². The van der Waals surface area contributed by atoms with Gasteiger partial charge in [0.15, 0.2) is 0 Å². The number of amides is 2. The number of hydrogen-bond donors (Lipinski definition) is 2. The maximum atomic E-state index is 12.1. The summed E-state index contributed by atoms with van der Waals surface area (Å²) >= 11 is 0. The summed E-state index contributed by atoms with van der Waals surface area (Å²) in [7, 11) is -0.552. The van der Waals surface area contributed by atoms with Crippen LogP contribution in [0.4, 0.5) is 10.5 Å². The molecule has 2 amide bonds. The number of nitrogens with one attached hydrogen (secondary N) is 2. The molecule has 1 aromatic rings. The van der Waals surface area contributed by atoms with Gasteiger partial charge in [-0.05, 0) is 37.0 Å². The predicted octanol–water partition coefficient (Wildman–Crippen LogP) is 2.64. The number of hydrogen-bond acceptors (Lipinski definition) is 3. The number of anilines is 1. The van der Waals surface area contributed by atoms with Crippen LogP contribution in [0.1, 0.15) is 32.6 Å². The lowest BCUT2D eigenvalue weighted by Crippen LogP contribution is -2.43. The molecule has 1 saturated carbocycles. The molecule has 2 N–H and O–H groups in total. The van der Waals surface area contributed by atoms with E-state index in [9.17, 15) is 13.2 Å². The van der Waals surface area contributed by atoms with E-state index in [2.05, 4.69) is 17.6 Å². The summed E-state index contributed by atoms with van der Waals surface area (Å²) in [5.74, 6) is 0.468. The Labute approximate surface area is 138 Å². The van der Waals surface area contributed by atoms with Crippen LogP contribution in [0.25, 0.3) is 0 Å². The second kappa shape index (κ2) is 7.31. The third-order valence-corrected chi connectivity index (χ3v) is 6.11. The van der Waals surface area contributed by atoms with Crippen molar-refractivity contribution >= 4 is 21.7 Å². The van der Waals surface area contributed by atoms with Gasteiger partial charge in [0, 0.05) is 25.8 Å². The molecule has 1 aromatic carbocycles.